The van der Waals surface area contributed by atoms with Crippen molar-refractivity contribution in [1.82, 2.24) is 0 Å². The summed E-state index contributed by atoms with van der Waals surface area (Å²) in [5.74, 6) is 1.85. The molecular formula is C15H14FNOS. The highest BCUT2D eigenvalue weighted by molar-refractivity contribution is 7.99. The molecule has 3 rings (SSSR count). The Morgan fingerprint density at radius 2 is 2.11 bits per heavy atom. The number of rotatable bonds is 3. The lowest BCUT2D eigenvalue weighted by atomic mass is 10.0. The van der Waals surface area contributed by atoms with Crippen LogP contribution in [-0.2, 0) is 0 Å². The molecule has 0 bridgehead atoms. The topological polar surface area (TPSA) is 35.2 Å². The molecule has 0 fully saturated rings. The van der Waals surface area contributed by atoms with Gasteiger partial charge in [0.1, 0.15) is 11.6 Å². The van der Waals surface area contributed by atoms with Crippen molar-refractivity contribution in [3.8, 4) is 5.75 Å². The van der Waals surface area contributed by atoms with Crippen LogP contribution < -0.4 is 10.5 Å². The maximum Gasteiger partial charge on any atom is 0.147 e. The monoisotopic (exact) mass is 275 g/mol. The van der Waals surface area contributed by atoms with E-state index in [2.05, 4.69) is 6.07 Å². The minimum atomic E-state index is -0.354. The molecular weight excluding hydrogens is 261 g/mol. The molecule has 19 heavy (non-hydrogen) atoms. The fourth-order valence-corrected chi connectivity index (χ4v) is 3.18. The zero-order valence-electron chi connectivity index (χ0n) is 10.3. The minimum absolute atomic E-state index is 0.193. The smallest absolute Gasteiger partial charge is 0.147 e. The third-order valence-corrected chi connectivity index (χ3v) is 4.38. The average Bonchev–Trinajstić information content (AvgIpc) is 2.83. The van der Waals surface area contributed by atoms with Crippen molar-refractivity contribution >= 4 is 17.4 Å². The number of benzene rings is 2. The van der Waals surface area contributed by atoms with E-state index < -0.39 is 0 Å². The van der Waals surface area contributed by atoms with Gasteiger partial charge in [-0.3, -0.25) is 0 Å². The fraction of sp³-hybridized carbons (Fsp3) is 0.200. The van der Waals surface area contributed by atoms with E-state index >= 15 is 0 Å². The highest BCUT2D eigenvalue weighted by Crippen LogP contribution is 2.37. The Labute approximate surface area is 115 Å². The number of anilines is 1. The molecule has 0 amide bonds. The molecule has 2 aromatic carbocycles. The van der Waals surface area contributed by atoms with Gasteiger partial charge in [-0.2, -0.15) is 0 Å². The number of ether oxygens (including phenoxy) is 1. The van der Waals surface area contributed by atoms with Gasteiger partial charge in [0.15, 0.2) is 0 Å². The molecule has 0 aromatic heterocycles. The van der Waals surface area contributed by atoms with Crippen molar-refractivity contribution in [3.63, 3.8) is 0 Å². The molecule has 2 aromatic rings. The van der Waals surface area contributed by atoms with Gasteiger partial charge in [-0.25, -0.2) is 4.39 Å². The van der Waals surface area contributed by atoms with Crippen LogP contribution in [0.5, 0.6) is 5.75 Å². The van der Waals surface area contributed by atoms with E-state index in [0.717, 1.165) is 16.4 Å². The Bertz CT molecular complexity index is 602. The number of fused-ring (bicyclic) bond motifs is 1. The number of nitrogens with two attached hydrogens (primary N) is 1. The average molecular weight is 275 g/mol. The Kier molecular flexibility index (Phi) is 3.34. The van der Waals surface area contributed by atoms with Gasteiger partial charge in [0.2, 0.25) is 0 Å². The summed E-state index contributed by atoms with van der Waals surface area (Å²) in [6.07, 6.45) is 0. The maximum atomic E-state index is 13.4. The summed E-state index contributed by atoms with van der Waals surface area (Å²) in [6.45, 7) is 0.698. The van der Waals surface area contributed by atoms with Gasteiger partial charge in [0.05, 0.1) is 12.3 Å². The summed E-state index contributed by atoms with van der Waals surface area (Å²) in [7, 11) is 0. The van der Waals surface area contributed by atoms with Crippen LogP contribution in [0.2, 0.25) is 0 Å². The van der Waals surface area contributed by atoms with Crippen molar-refractivity contribution in [2.45, 2.75) is 10.8 Å². The van der Waals surface area contributed by atoms with Crippen molar-refractivity contribution < 1.29 is 9.13 Å². The summed E-state index contributed by atoms with van der Waals surface area (Å²) >= 11 is 1.63. The zero-order chi connectivity index (χ0) is 13.2. The predicted molar refractivity (Wildman–Crippen MR) is 76.2 cm³/mol. The summed E-state index contributed by atoms with van der Waals surface area (Å²) in [4.78, 5) is 0.899. The van der Waals surface area contributed by atoms with E-state index in [1.54, 1.807) is 17.8 Å². The number of hydrogen-bond acceptors (Lipinski definition) is 3. The van der Waals surface area contributed by atoms with E-state index in [1.165, 1.54) is 11.6 Å². The van der Waals surface area contributed by atoms with Gasteiger partial charge in [-0.15, -0.1) is 11.8 Å². The van der Waals surface area contributed by atoms with Gasteiger partial charge in [-0.1, -0.05) is 18.2 Å². The van der Waals surface area contributed by atoms with Gasteiger partial charge >= 0.3 is 0 Å². The molecule has 0 saturated heterocycles. The number of para-hydroxylation sites is 1. The van der Waals surface area contributed by atoms with Crippen LogP contribution >= 0.6 is 11.8 Å². The highest BCUT2D eigenvalue weighted by Gasteiger charge is 2.23. The zero-order valence-corrected chi connectivity index (χ0v) is 11.1. The number of halogens is 1. The van der Waals surface area contributed by atoms with Gasteiger partial charge < -0.3 is 10.5 Å². The molecule has 4 heteroatoms. The van der Waals surface area contributed by atoms with E-state index in [9.17, 15) is 4.39 Å². The maximum absolute atomic E-state index is 13.4. The van der Waals surface area contributed by atoms with Gasteiger partial charge in [-0.05, 0) is 24.3 Å². The first-order chi connectivity index (χ1) is 9.24. The molecule has 98 valence electrons. The predicted octanol–water partition coefficient (Wildman–Crippen LogP) is 3.68. The number of thioether (sulfide) groups is 1. The normalized spacial score (nSPS) is 17.0. The molecule has 1 heterocycles. The van der Waals surface area contributed by atoms with Gasteiger partial charge in [0, 0.05) is 22.1 Å². The molecule has 0 saturated carbocycles. The van der Waals surface area contributed by atoms with E-state index in [0.29, 0.717) is 12.5 Å². The van der Waals surface area contributed by atoms with Crippen LogP contribution in [0.15, 0.2) is 47.4 Å². The first-order valence-corrected chi connectivity index (χ1v) is 7.12. The number of hydrogen-bond donors (Lipinski definition) is 1. The molecule has 2 nitrogen and oxygen atoms in total. The van der Waals surface area contributed by atoms with Gasteiger partial charge in [0.25, 0.3) is 0 Å². The van der Waals surface area contributed by atoms with Crippen molar-refractivity contribution in [3.05, 3.63) is 53.8 Å². The third kappa shape index (κ3) is 2.54. The summed E-state index contributed by atoms with van der Waals surface area (Å²) in [5.41, 5.74) is 6.90. The van der Waals surface area contributed by atoms with E-state index in [-0.39, 0.29) is 11.5 Å². The standard InChI is InChI=1S/C15H14FNOS/c16-13-7-11(5-6-14(13)17)19-9-10-8-18-15-4-2-1-3-12(10)15/h1-7,10H,8-9,17H2. The lowest BCUT2D eigenvalue weighted by Gasteiger charge is -2.08. The molecule has 0 aliphatic carbocycles. The molecule has 0 spiro atoms. The largest absolute Gasteiger partial charge is 0.493 e. The summed E-state index contributed by atoms with van der Waals surface area (Å²) in [6, 6.07) is 13.0. The molecule has 0 radical (unpaired) electrons. The van der Waals surface area contributed by atoms with E-state index in [4.69, 9.17) is 10.5 Å². The fourth-order valence-electron chi connectivity index (χ4n) is 2.16. The third-order valence-electron chi connectivity index (χ3n) is 3.22. The quantitative estimate of drug-likeness (QED) is 0.685. The van der Waals surface area contributed by atoms with Crippen molar-refractivity contribution in [2.75, 3.05) is 18.1 Å². The first-order valence-electron chi connectivity index (χ1n) is 6.13. The second kappa shape index (κ2) is 5.13. The summed E-state index contributed by atoms with van der Waals surface area (Å²) < 4.78 is 19.0. The van der Waals surface area contributed by atoms with Crippen LogP contribution in [0.1, 0.15) is 11.5 Å². The molecule has 1 aliphatic heterocycles. The second-order valence-corrected chi connectivity index (χ2v) is 5.63. The highest BCUT2D eigenvalue weighted by atomic mass is 32.2. The lowest BCUT2D eigenvalue weighted by molar-refractivity contribution is 0.339. The lowest BCUT2D eigenvalue weighted by Crippen LogP contribution is -2.03. The Morgan fingerprint density at radius 3 is 2.95 bits per heavy atom. The van der Waals surface area contributed by atoms with Crippen LogP contribution in [-0.4, -0.2) is 12.4 Å². The Morgan fingerprint density at radius 1 is 1.26 bits per heavy atom. The Hall–Kier alpha value is -1.68. The van der Waals surface area contributed by atoms with Crippen molar-refractivity contribution in [1.29, 1.82) is 0 Å². The van der Waals surface area contributed by atoms with E-state index in [1.807, 2.05) is 24.3 Å². The summed E-state index contributed by atoms with van der Waals surface area (Å²) in [5, 5.41) is 0. The van der Waals surface area contributed by atoms with Crippen LogP contribution in [0, 0.1) is 5.82 Å². The first kappa shape index (κ1) is 12.4. The minimum Gasteiger partial charge on any atom is -0.493 e. The molecule has 2 N–H and O–H groups in total. The van der Waals surface area contributed by atoms with Crippen LogP contribution in [0.25, 0.3) is 0 Å². The van der Waals surface area contributed by atoms with Crippen LogP contribution in [0.3, 0.4) is 0 Å². The second-order valence-electron chi connectivity index (χ2n) is 4.54. The van der Waals surface area contributed by atoms with Crippen molar-refractivity contribution in [2.24, 2.45) is 0 Å². The molecule has 1 unspecified atom stereocenters. The molecule has 1 atom stereocenters. The number of nitrogen functional groups attached to an aromatic ring is 1. The molecule has 1 aliphatic rings. The SMILES string of the molecule is Nc1ccc(SCC2COc3ccccc32)cc1F. The Balaban J connectivity index is 1.69. The van der Waals surface area contributed by atoms with Crippen LogP contribution in [0.4, 0.5) is 10.1 Å².